The number of aromatic nitrogens is 1. The Labute approximate surface area is 193 Å². The molecule has 1 aromatic heterocycles. The minimum Gasteiger partial charge on any atom is -0.512 e. The maximum absolute atomic E-state index is 10.0. The van der Waals surface area contributed by atoms with Crippen molar-refractivity contribution in [1.29, 1.82) is 0 Å². The van der Waals surface area contributed by atoms with E-state index in [2.05, 4.69) is 76.2 Å². The van der Waals surface area contributed by atoms with Gasteiger partial charge in [-0.25, -0.2) is 0 Å². The number of aliphatic hydroxyl groups excluding tert-OH is 1. The summed E-state index contributed by atoms with van der Waals surface area (Å²) in [5.41, 5.74) is 6.92. The summed E-state index contributed by atoms with van der Waals surface area (Å²) >= 11 is 0. The second kappa shape index (κ2) is 11.8. The van der Waals surface area contributed by atoms with Crippen LogP contribution >= 0.6 is 0 Å². The Morgan fingerprint density at radius 3 is 2.37 bits per heavy atom. The molecular weight excluding hydrogens is 551 g/mol. The van der Waals surface area contributed by atoms with E-state index in [1.54, 1.807) is 0 Å². The average Bonchev–Trinajstić information content (AvgIpc) is 2.65. The predicted octanol–water partition coefficient (Wildman–Crippen LogP) is 6.87. The van der Waals surface area contributed by atoms with Gasteiger partial charge in [-0.2, -0.15) is 0 Å². The molecule has 30 heavy (non-hydrogen) atoms. The van der Waals surface area contributed by atoms with E-state index in [9.17, 15) is 4.79 Å². The minimum absolute atomic E-state index is 0. The van der Waals surface area contributed by atoms with Gasteiger partial charge in [-0.15, -0.1) is 34.9 Å². The third-order valence-electron chi connectivity index (χ3n) is 4.73. The first-order valence-corrected chi connectivity index (χ1v) is 9.99. The van der Waals surface area contributed by atoms with E-state index in [0.29, 0.717) is 5.92 Å². The van der Waals surface area contributed by atoms with E-state index < -0.39 is 0 Å². The smallest absolute Gasteiger partial charge is 0.155 e. The van der Waals surface area contributed by atoms with Gasteiger partial charge in [-0.05, 0) is 55.0 Å². The summed E-state index contributed by atoms with van der Waals surface area (Å²) in [4.78, 5) is 14.8. The van der Waals surface area contributed by atoms with Crippen LogP contribution in [-0.2, 0) is 24.9 Å². The zero-order chi connectivity index (χ0) is 21.6. The van der Waals surface area contributed by atoms with Gasteiger partial charge in [-0.3, -0.25) is 9.78 Å². The molecule has 0 aliphatic rings. The summed E-state index contributed by atoms with van der Waals surface area (Å²) < 4.78 is 0. The maximum Gasteiger partial charge on any atom is 0.155 e. The Hall–Kier alpha value is -2.29. The van der Waals surface area contributed by atoms with Crippen LogP contribution in [0.1, 0.15) is 56.7 Å². The molecule has 0 fully saturated rings. The number of aryl methyl sites for hydroxylation is 2. The number of nitrogens with zero attached hydrogens (tertiary/aromatic N) is 1. The number of rotatable bonds is 4. The Balaban J connectivity index is 0.000000489. The van der Waals surface area contributed by atoms with Gasteiger partial charge in [0, 0.05) is 26.2 Å². The SMILES string of the molecule is CC(=O)C=C(C)O.CCC(C)c1ccc2nc(-c3[c-]c(C)cc(C)c3)ccc2c1.[Ir]. The van der Waals surface area contributed by atoms with Gasteiger partial charge in [0.05, 0.1) is 11.3 Å². The van der Waals surface area contributed by atoms with Crippen molar-refractivity contribution in [3.05, 3.63) is 77.1 Å². The number of hydrogen-bond acceptors (Lipinski definition) is 3. The number of hydrogen-bond donors (Lipinski definition) is 1. The van der Waals surface area contributed by atoms with Crippen molar-refractivity contribution in [3.63, 3.8) is 0 Å². The molecule has 3 aromatic rings. The van der Waals surface area contributed by atoms with Crippen LogP contribution in [0.4, 0.5) is 0 Å². The van der Waals surface area contributed by atoms with E-state index >= 15 is 0 Å². The number of carbonyl (C=O) groups is 1. The molecule has 0 aliphatic heterocycles. The van der Waals surface area contributed by atoms with Crippen molar-refractivity contribution >= 4 is 16.7 Å². The topological polar surface area (TPSA) is 50.2 Å². The molecule has 1 N–H and O–H groups in total. The monoisotopic (exact) mass is 581 g/mol. The van der Waals surface area contributed by atoms with Crippen LogP contribution in [0.3, 0.4) is 0 Å². The fourth-order valence-corrected chi connectivity index (χ4v) is 3.16. The first-order chi connectivity index (χ1) is 13.7. The number of ketones is 1. The number of allylic oxidation sites excluding steroid dienone is 2. The average molecular weight is 581 g/mol. The molecule has 0 amide bonds. The summed E-state index contributed by atoms with van der Waals surface area (Å²) in [5.74, 6) is 0.532. The van der Waals surface area contributed by atoms with Gasteiger partial charge in [0.2, 0.25) is 0 Å². The second-order valence-electron chi connectivity index (χ2n) is 7.61. The van der Waals surface area contributed by atoms with Crippen molar-refractivity contribution in [2.45, 2.75) is 53.9 Å². The van der Waals surface area contributed by atoms with E-state index in [1.807, 2.05) is 0 Å². The fraction of sp³-hybridized carbons (Fsp3) is 0.308. The largest absolute Gasteiger partial charge is 0.512 e. The molecule has 0 saturated heterocycles. The standard InChI is InChI=1S/C21H22N.C5H8O2.Ir/c1-5-16(4)17-6-8-20-18(13-17)7-9-21(22-20)19-11-14(2)10-15(3)12-19;1-4(6)3-5(2)7;/h6-11,13,16H,5H2,1-4H3;3,6H,1-2H3;/q-1;;. The normalized spacial score (nSPS) is 11.9. The summed E-state index contributed by atoms with van der Waals surface area (Å²) in [7, 11) is 0. The molecule has 1 heterocycles. The molecular formula is C26H30IrNO2-. The van der Waals surface area contributed by atoms with Gasteiger partial charge in [-0.1, -0.05) is 45.9 Å². The van der Waals surface area contributed by atoms with Crippen LogP contribution in [0, 0.1) is 19.9 Å². The fourth-order valence-electron chi connectivity index (χ4n) is 3.16. The van der Waals surface area contributed by atoms with Crippen molar-refractivity contribution in [1.82, 2.24) is 4.98 Å². The van der Waals surface area contributed by atoms with E-state index in [0.717, 1.165) is 28.8 Å². The number of fused-ring (bicyclic) bond motifs is 1. The van der Waals surface area contributed by atoms with Gasteiger partial charge >= 0.3 is 0 Å². The molecule has 3 nitrogen and oxygen atoms in total. The van der Waals surface area contributed by atoms with Gasteiger partial charge in [0.15, 0.2) is 5.78 Å². The first kappa shape index (κ1) is 25.7. The molecule has 1 radical (unpaired) electrons. The van der Waals surface area contributed by atoms with Crippen molar-refractivity contribution < 1.29 is 30.0 Å². The summed E-state index contributed by atoms with van der Waals surface area (Å²) in [5, 5.41) is 9.58. The first-order valence-electron chi connectivity index (χ1n) is 9.99. The second-order valence-corrected chi connectivity index (χ2v) is 7.61. The van der Waals surface area contributed by atoms with Gasteiger partial charge < -0.3 is 5.11 Å². The summed E-state index contributed by atoms with van der Waals surface area (Å²) in [6, 6.07) is 18.6. The number of benzene rings is 2. The van der Waals surface area contributed by atoms with Crippen LogP contribution < -0.4 is 0 Å². The van der Waals surface area contributed by atoms with Crippen LogP contribution in [0.15, 0.2) is 54.3 Å². The maximum atomic E-state index is 10.0. The Morgan fingerprint density at radius 1 is 1.13 bits per heavy atom. The predicted molar refractivity (Wildman–Crippen MR) is 121 cm³/mol. The Morgan fingerprint density at radius 2 is 1.83 bits per heavy atom. The zero-order valence-corrected chi connectivity index (χ0v) is 20.9. The molecule has 1 unspecified atom stereocenters. The third-order valence-corrected chi connectivity index (χ3v) is 4.73. The molecule has 0 spiro atoms. The minimum atomic E-state index is -0.125. The molecule has 0 bridgehead atoms. The van der Waals surface area contributed by atoms with Gasteiger partial charge in [0.25, 0.3) is 0 Å². The molecule has 0 aliphatic carbocycles. The van der Waals surface area contributed by atoms with Crippen molar-refractivity contribution in [2.24, 2.45) is 0 Å². The summed E-state index contributed by atoms with van der Waals surface area (Å²) in [6.45, 7) is 11.5. The Bertz CT molecular complexity index is 1020. The Kier molecular flexibility index (Phi) is 10.1. The molecule has 1 atom stereocenters. The van der Waals surface area contributed by atoms with Crippen LogP contribution in [0.25, 0.3) is 22.2 Å². The molecule has 0 saturated carbocycles. The van der Waals surface area contributed by atoms with E-state index in [-0.39, 0.29) is 31.6 Å². The number of pyridine rings is 1. The van der Waals surface area contributed by atoms with E-state index in [4.69, 9.17) is 10.1 Å². The number of carbonyl (C=O) groups excluding carboxylic acids is 1. The van der Waals surface area contributed by atoms with Crippen LogP contribution in [0.2, 0.25) is 0 Å². The molecule has 3 rings (SSSR count). The zero-order valence-electron chi connectivity index (χ0n) is 18.5. The van der Waals surface area contributed by atoms with Gasteiger partial charge in [0.1, 0.15) is 0 Å². The molecule has 161 valence electrons. The number of aliphatic hydroxyl groups is 1. The third kappa shape index (κ3) is 7.51. The van der Waals surface area contributed by atoms with E-state index in [1.165, 1.54) is 36.4 Å². The van der Waals surface area contributed by atoms with Crippen LogP contribution in [0.5, 0.6) is 0 Å². The quantitative estimate of drug-likeness (QED) is 0.208. The summed E-state index contributed by atoms with van der Waals surface area (Å²) in [6.07, 6.45) is 2.33. The van der Waals surface area contributed by atoms with Crippen molar-refractivity contribution in [2.75, 3.05) is 0 Å². The molecule has 4 heteroatoms. The molecule has 2 aromatic carbocycles. The van der Waals surface area contributed by atoms with Crippen LogP contribution in [-0.4, -0.2) is 15.9 Å². The van der Waals surface area contributed by atoms with Crippen molar-refractivity contribution in [3.8, 4) is 11.3 Å².